The van der Waals surface area contributed by atoms with E-state index >= 15 is 0 Å². The lowest BCUT2D eigenvalue weighted by molar-refractivity contribution is 0.00578. The van der Waals surface area contributed by atoms with Gasteiger partial charge in [-0.15, -0.1) is 22.7 Å². The first kappa shape index (κ1) is 88.8. The zero-order chi connectivity index (χ0) is 86.6. The van der Waals surface area contributed by atoms with E-state index < -0.39 is 32.3 Å². The molecule has 0 spiro atoms. The van der Waals surface area contributed by atoms with Crippen LogP contribution in [-0.2, 0) is 74.8 Å². The number of nitrogens with zero attached hydrogens (tertiary/aromatic N) is 15. The van der Waals surface area contributed by atoms with Gasteiger partial charge in [-0.05, 0) is 197 Å². The lowest BCUT2D eigenvalue weighted by atomic mass is 9.49. The summed E-state index contributed by atoms with van der Waals surface area (Å²) in [6.07, 6.45) is 35.1. The van der Waals surface area contributed by atoms with Crippen molar-refractivity contribution in [3.8, 4) is 22.8 Å². The van der Waals surface area contributed by atoms with Crippen molar-refractivity contribution >= 4 is 144 Å². The minimum absolute atomic E-state index is 0.117. The molecule has 38 heteroatoms. The molecule has 3 N–H and O–H groups in total. The third-order valence-electron chi connectivity index (χ3n) is 21.9. The maximum atomic E-state index is 13.5. The summed E-state index contributed by atoms with van der Waals surface area (Å²) in [6, 6.07) is 8.26. The Morgan fingerprint density at radius 3 is 1.27 bits per heavy atom. The van der Waals surface area contributed by atoms with Crippen LogP contribution >= 0.6 is 50.2 Å². The summed E-state index contributed by atoms with van der Waals surface area (Å²) in [4.78, 5) is 122. The number of hydrogen-bond donors (Lipinski definition) is 3. The van der Waals surface area contributed by atoms with E-state index in [1.54, 1.807) is 114 Å². The Kier molecular flexibility index (Phi) is 27.0. The fourth-order valence-electron chi connectivity index (χ4n) is 13.5. The quantitative estimate of drug-likeness (QED) is 0.0713. The van der Waals surface area contributed by atoms with Crippen LogP contribution < -0.4 is 49.2 Å². The van der Waals surface area contributed by atoms with Gasteiger partial charge in [0.2, 0.25) is 0 Å². The largest absolute Gasteiger partial charge is 0.496 e. The Labute approximate surface area is 714 Å². The van der Waals surface area contributed by atoms with Crippen LogP contribution in [0.1, 0.15) is 164 Å². The van der Waals surface area contributed by atoms with Crippen LogP contribution in [0.4, 0.5) is 34.5 Å². The Morgan fingerprint density at radius 1 is 0.458 bits per heavy atom. The number of rotatable bonds is 13. The van der Waals surface area contributed by atoms with Gasteiger partial charge in [0.25, 0.3) is 27.8 Å². The van der Waals surface area contributed by atoms with Crippen molar-refractivity contribution in [3.63, 3.8) is 0 Å². The summed E-state index contributed by atoms with van der Waals surface area (Å²) < 4.78 is 44.8. The summed E-state index contributed by atoms with van der Waals surface area (Å²) in [5, 5.41) is 19.6. The molecular formula is C82H93B3BrClN18O13S2. The third-order valence-corrected chi connectivity index (χ3v) is 25.3. The van der Waals surface area contributed by atoms with Crippen LogP contribution in [0.3, 0.4) is 0 Å². The molecule has 17 rings (SSSR count). The van der Waals surface area contributed by atoms with E-state index in [4.69, 9.17) is 39.5 Å². The highest BCUT2D eigenvalue weighted by atomic mass is 79.9. The average Bonchev–Trinajstić information content (AvgIpc) is 1.60. The number of aromatic nitrogens is 15. The molecule has 0 unspecified atom stereocenters. The second kappa shape index (κ2) is 36.5. The summed E-state index contributed by atoms with van der Waals surface area (Å²) in [6.45, 7) is 28.2. The fraction of sp³-hybridized carbons (Fsp3) is 0.378. The highest BCUT2D eigenvalue weighted by molar-refractivity contribution is 9.10. The first-order valence-corrected chi connectivity index (χ1v) is 41.8. The van der Waals surface area contributed by atoms with E-state index in [0.717, 1.165) is 72.1 Å². The number of fused-ring (bicyclic) bond motifs is 6. The van der Waals surface area contributed by atoms with Gasteiger partial charge in [0.15, 0.2) is 24.2 Å². The zero-order valence-corrected chi connectivity index (χ0v) is 73.7. The molecule has 3 aliphatic heterocycles. The fourth-order valence-corrected chi connectivity index (χ4v) is 16.8. The molecule has 3 fully saturated rings. The van der Waals surface area contributed by atoms with E-state index in [-0.39, 0.29) is 83.7 Å². The highest BCUT2D eigenvalue weighted by Gasteiger charge is 2.64. The van der Waals surface area contributed by atoms with Crippen LogP contribution in [0.2, 0.25) is 5.02 Å². The number of anilines is 6. The summed E-state index contributed by atoms with van der Waals surface area (Å²) >= 11 is 12.4. The lowest BCUT2D eigenvalue weighted by Gasteiger charge is -2.32. The van der Waals surface area contributed by atoms with Crippen molar-refractivity contribution in [2.75, 3.05) is 16.0 Å². The molecule has 31 nitrogen and oxygen atoms in total. The standard InChI is InChI=1S/C26H21N7O3S.C16H21BN4O3.C16H12ClN3O2S.C12H24B2O4.C10H9BrN4O.C2H6/c1-32-13-15(10-20(25(32)35)31-22-12-27-8-9-28-22)16-6-7-29-24(19(16)14-34)33-26(36)23-18(11-30-33)17-4-2-3-5-21(17)37-23;1-15(2)16(3,4)24-17(23-15)11-8-12(14(22)21(5)10-11)20-13-9-18-6-7-19-13;17-12-5-6-18-15(11(12)8-21)20-16(22)14-10(7-19-20)9-3-1-2-4-13(9)23-14;1-9(2)10(3,4)16-13(15-9)14-17-11(5,6)12(7,8)18-14;1-15-6-7(11)4-8(10(15)16)14-9-5-12-2-3-13-9;1-2/h6-14H,2-5H2,1H3,(H,28,31);6-10H,1-5H3,(H,19,20);5-8H,1-4H2;1-8H3;2-6H,1H3,(H,13,14);1-2H3. The zero-order valence-electron chi connectivity index (χ0n) is 69.8. The molecule has 120 heavy (non-hydrogen) atoms. The van der Waals surface area contributed by atoms with Gasteiger partial charge in [0.1, 0.15) is 43.9 Å². The first-order chi connectivity index (χ1) is 57.0. The molecular weight excluding hydrogens is 1660 g/mol. The van der Waals surface area contributed by atoms with Crippen LogP contribution in [0.15, 0.2) is 158 Å². The van der Waals surface area contributed by atoms with Crippen LogP contribution in [-0.4, -0.2) is 140 Å². The number of pyridine rings is 5. The Bertz CT molecular complexity index is 6030. The van der Waals surface area contributed by atoms with Crippen LogP contribution in [0, 0.1) is 0 Å². The number of carbonyl (C=O) groups is 2. The van der Waals surface area contributed by atoms with Gasteiger partial charge in [-0.3, -0.25) is 48.5 Å². The molecule has 5 aliphatic rings. The van der Waals surface area contributed by atoms with Crippen LogP contribution in [0.25, 0.3) is 42.9 Å². The van der Waals surface area contributed by atoms with Crippen molar-refractivity contribution in [3.05, 3.63) is 223 Å². The molecule has 12 aromatic rings. The number of thiophene rings is 2. The molecule has 0 bridgehead atoms. The van der Waals surface area contributed by atoms with Gasteiger partial charge in [-0.1, -0.05) is 25.4 Å². The van der Waals surface area contributed by atoms with Crippen molar-refractivity contribution in [1.29, 1.82) is 0 Å². The topological polar surface area (TPSA) is 365 Å². The van der Waals surface area contributed by atoms with E-state index in [0.29, 0.717) is 61.9 Å². The molecule has 15 heterocycles. The maximum Gasteiger partial charge on any atom is 0.496 e. The summed E-state index contributed by atoms with van der Waals surface area (Å²) in [5.74, 6) is 1.76. The monoisotopic (exact) mass is 1750 g/mol. The molecule has 0 radical (unpaired) electrons. The molecule has 3 saturated heterocycles. The Morgan fingerprint density at radius 2 is 0.842 bits per heavy atom. The van der Waals surface area contributed by atoms with Gasteiger partial charge in [-0.2, -0.15) is 19.6 Å². The van der Waals surface area contributed by atoms with E-state index in [2.05, 4.69) is 81.9 Å². The second-order valence-electron chi connectivity index (χ2n) is 31.6. The first-order valence-electron chi connectivity index (χ1n) is 39.0. The number of carbonyl (C=O) groups excluding carboxylic acids is 2. The summed E-state index contributed by atoms with van der Waals surface area (Å²) in [7, 11) is 3.51. The smallest absolute Gasteiger partial charge is 0.405 e. The van der Waals surface area contributed by atoms with Crippen molar-refractivity contribution in [2.45, 2.75) is 182 Å². The minimum Gasteiger partial charge on any atom is -0.405 e. The van der Waals surface area contributed by atoms with Gasteiger partial charge in [0, 0.05) is 125 Å². The minimum atomic E-state index is -0.538. The number of aryl methyl sites for hydroxylation is 7. The molecule has 12 aromatic heterocycles. The Balaban J connectivity index is 0.000000141. The number of nitrogens with one attached hydrogen (secondary N) is 3. The van der Waals surface area contributed by atoms with Crippen molar-refractivity contribution in [2.24, 2.45) is 21.1 Å². The molecule has 624 valence electrons. The van der Waals surface area contributed by atoms with Crippen molar-refractivity contribution in [1.82, 2.24) is 73.1 Å². The predicted octanol–water partition coefficient (Wildman–Crippen LogP) is 12.8. The van der Waals surface area contributed by atoms with Crippen molar-refractivity contribution < 1.29 is 37.5 Å². The van der Waals surface area contributed by atoms with Gasteiger partial charge >= 0.3 is 21.1 Å². The molecule has 0 amide bonds. The third kappa shape index (κ3) is 18.8. The van der Waals surface area contributed by atoms with Gasteiger partial charge in [-0.25, -0.2) is 24.9 Å². The molecule has 0 atom stereocenters. The molecule has 2 aliphatic carbocycles. The van der Waals surface area contributed by atoms with Gasteiger partial charge in [0.05, 0.1) is 80.7 Å². The second-order valence-corrected chi connectivity index (χ2v) is 35.2. The SMILES string of the molecule is CC.CC1(C)OB(B2OC(C)(C)C(C)(C)O2)OC1(C)C.Cn1cc(-c2ccnc(-n3ncc4c5c(sc4c3=O)CCCC5)c2C=O)cc(Nc2cnccn2)c1=O.Cn1cc(B2OC(C)(C)C(C)(C)O2)cc(Nc2cnccn2)c1=O.Cn1cc(Br)cc(Nc2cnccn2)c1=O.O=Cc1c(Cl)ccnc1-n1ncc2c3c(sc2c1=O)CCCC3. The number of hydrogen-bond acceptors (Lipinski definition) is 28. The molecule has 0 aromatic carbocycles. The lowest BCUT2D eigenvalue weighted by Crippen LogP contribution is -2.41. The van der Waals surface area contributed by atoms with E-state index in [1.807, 2.05) is 96.9 Å². The maximum absolute atomic E-state index is 13.5. The highest BCUT2D eigenvalue weighted by Crippen LogP contribution is 2.44. The van der Waals surface area contributed by atoms with E-state index in [1.165, 1.54) is 104 Å². The Hall–Kier alpha value is -10.5. The van der Waals surface area contributed by atoms with Gasteiger partial charge < -0.3 is 57.6 Å². The van der Waals surface area contributed by atoms with Crippen LogP contribution in [0.5, 0.6) is 0 Å². The van der Waals surface area contributed by atoms with E-state index in [9.17, 15) is 33.6 Å². The normalized spacial score (nSPS) is 16.6. The summed E-state index contributed by atoms with van der Waals surface area (Å²) in [5.41, 5.74) is 2.38. The number of halogens is 2. The molecule has 0 saturated carbocycles. The average molecular weight is 1750 g/mol. The number of aldehydes is 2. The predicted molar refractivity (Wildman–Crippen MR) is 472 cm³/mol.